The van der Waals surface area contributed by atoms with E-state index < -0.39 is 29.6 Å². The molecule has 0 saturated carbocycles. The van der Waals surface area contributed by atoms with Crippen molar-refractivity contribution in [3.8, 4) is 6.07 Å². The van der Waals surface area contributed by atoms with Crippen LogP contribution in [0.15, 0.2) is 28.2 Å². The number of esters is 1. The number of aliphatic imine (C=N–C) groups is 2. The van der Waals surface area contributed by atoms with Crippen LogP contribution in [-0.4, -0.2) is 45.1 Å². The lowest BCUT2D eigenvalue weighted by Crippen LogP contribution is -2.37. The summed E-state index contributed by atoms with van der Waals surface area (Å²) < 4.78 is 42.2. The van der Waals surface area contributed by atoms with E-state index in [9.17, 15) is 13.6 Å². The molecule has 26 heavy (non-hydrogen) atoms. The minimum Gasteiger partial charge on any atom is -0.467 e. The van der Waals surface area contributed by atoms with E-state index in [-0.39, 0.29) is 36.9 Å². The largest absolute Gasteiger partial charge is 0.467 e. The van der Waals surface area contributed by atoms with E-state index in [4.69, 9.17) is 19.5 Å². The van der Waals surface area contributed by atoms with Gasteiger partial charge in [-0.15, -0.1) is 0 Å². The van der Waals surface area contributed by atoms with Crippen LogP contribution >= 0.6 is 0 Å². The van der Waals surface area contributed by atoms with E-state index in [0.29, 0.717) is 0 Å². The van der Waals surface area contributed by atoms with Gasteiger partial charge in [-0.25, -0.2) is 18.8 Å². The molecule has 2 unspecified atom stereocenters. The molecule has 0 aliphatic carbocycles. The highest BCUT2D eigenvalue weighted by molar-refractivity contribution is 6.09. The van der Waals surface area contributed by atoms with Gasteiger partial charge in [-0.3, -0.25) is 4.79 Å². The molecule has 2 rings (SSSR count). The van der Waals surface area contributed by atoms with Crippen molar-refractivity contribution < 1.29 is 27.8 Å². The number of amidine groups is 1. The molecule has 0 amide bonds. The Labute approximate surface area is 148 Å². The third kappa shape index (κ3) is 4.40. The Morgan fingerprint density at radius 3 is 2.69 bits per heavy atom. The third-order valence-electron chi connectivity index (χ3n) is 3.64. The summed E-state index contributed by atoms with van der Waals surface area (Å²) in [6.45, 7) is -0.113. The first-order chi connectivity index (χ1) is 12.5. The number of carbonyl (C=O) groups is 1. The van der Waals surface area contributed by atoms with Crippen molar-refractivity contribution in [1.82, 2.24) is 0 Å². The summed E-state index contributed by atoms with van der Waals surface area (Å²) in [6.07, 6.45) is 0.0254. The molecule has 0 N–H and O–H groups in total. The van der Waals surface area contributed by atoms with Crippen molar-refractivity contribution in [2.75, 3.05) is 27.4 Å². The SMILES string of the molecule is COCC1=NC(OC)=NC(c2ccc(F)c(F)c2)C1C(=O)OCCC#N. The maximum atomic E-state index is 13.7. The molecule has 1 aliphatic heterocycles. The number of nitrogens with zero attached hydrogens (tertiary/aromatic N) is 3. The number of carbonyl (C=O) groups excluding carboxylic acids is 1. The number of ether oxygens (including phenoxy) is 3. The second-order valence-corrected chi connectivity index (χ2v) is 5.32. The second-order valence-electron chi connectivity index (χ2n) is 5.32. The van der Waals surface area contributed by atoms with Crippen molar-refractivity contribution in [2.45, 2.75) is 12.5 Å². The Kier molecular flexibility index (Phi) is 6.74. The molecule has 7 nitrogen and oxygen atoms in total. The first-order valence-corrected chi connectivity index (χ1v) is 7.68. The molecule has 0 saturated heterocycles. The van der Waals surface area contributed by atoms with E-state index in [2.05, 4.69) is 9.98 Å². The third-order valence-corrected chi connectivity index (χ3v) is 3.64. The fourth-order valence-electron chi connectivity index (χ4n) is 2.48. The monoisotopic (exact) mass is 365 g/mol. The highest BCUT2D eigenvalue weighted by atomic mass is 19.2. The Hall–Kier alpha value is -2.86. The maximum absolute atomic E-state index is 13.7. The van der Waals surface area contributed by atoms with E-state index in [1.807, 2.05) is 6.07 Å². The van der Waals surface area contributed by atoms with Crippen molar-refractivity contribution in [2.24, 2.45) is 15.9 Å². The molecule has 1 aromatic carbocycles. The Morgan fingerprint density at radius 1 is 1.31 bits per heavy atom. The number of hydrogen-bond donors (Lipinski definition) is 0. The minimum atomic E-state index is -1.07. The predicted molar refractivity (Wildman–Crippen MR) is 87.5 cm³/mol. The predicted octanol–water partition coefficient (Wildman–Crippen LogP) is 2.18. The van der Waals surface area contributed by atoms with Gasteiger partial charge in [0.2, 0.25) is 0 Å². The summed E-state index contributed by atoms with van der Waals surface area (Å²) in [5, 5.41) is 8.58. The molecule has 1 aromatic rings. The van der Waals surface area contributed by atoms with Gasteiger partial charge in [0, 0.05) is 7.11 Å². The lowest BCUT2D eigenvalue weighted by Gasteiger charge is -2.27. The lowest BCUT2D eigenvalue weighted by molar-refractivity contribution is -0.146. The van der Waals surface area contributed by atoms with Crippen LogP contribution in [0.2, 0.25) is 0 Å². The van der Waals surface area contributed by atoms with Crippen LogP contribution in [0.25, 0.3) is 0 Å². The van der Waals surface area contributed by atoms with Gasteiger partial charge in [-0.05, 0) is 17.7 Å². The average molecular weight is 365 g/mol. The summed E-state index contributed by atoms with van der Waals surface area (Å²) in [7, 11) is 2.77. The fraction of sp³-hybridized carbons (Fsp3) is 0.412. The van der Waals surface area contributed by atoms with Crippen LogP contribution in [0, 0.1) is 28.9 Å². The molecule has 9 heteroatoms. The summed E-state index contributed by atoms with van der Waals surface area (Å²) in [4.78, 5) is 20.9. The normalized spacial score (nSPS) is 19.2. The zero-order chi connectivity index (χ0) is 19.1. The van der Waals surface area contributed by atoms with E-state index in [1.165, 1.54) is 20.3 Å². The number of benzene rings is 1. The zero-order valence-corrected chi connectivity index (χ0v) is 14.2. The summed E-state index contributed by atoms with van der Waals surface area (Å²) in [5.74, 6) is -3.79. The molecule has 0 radical (unpaired) electrons. The van der Waals surface area contributed by atoms with Crippen LogP contribution < -0.4 is 0 Å². The molecular formula is C17H17F2N3O4. The van der Waals surface area contributed by atoms with Gasteiger partial charge >= 0.3 is 12.0 Å². The zero-order valence-electron chi connectivity index (χ0n) is 14.2. The van der Waals surface area contributed by atoms with Crippen LogP contribution in [0.5, 0.6) is 0 Å². The lowest BCUT2D eigenvalue weighted by atomic mass is 9.88. The average Bonchev–Trinajstić information content (AvgIpc) is 2.63. The molecule has 0 aromatic heterocycles. The Bertz CT molecular complexity index is 774. The molecule has 138 valence electrons. The van der Waals surface area contributed by atoms with Crippen LogP contribution in [0.3, 0.4) is 0 Å². The number of methoxy groups -OCH3 is 2. The van der Waals surface area contributed by atoms with Gasteiger partial charge < -0.3 is 14.2 Å². The molecule has 0 spiro atoms. The van der Waals surface area contributed by atoms with Crippen LogP contribution in [0.4, 0.5) is 8.78 Å². The standard InChI is InChI=1S/C17H17F2N3O4/c1-24-9-13-14(16(23)26-7-3-6-20)15(22-17(21-13)25-2)10-4-5-11(18)12(19)8-10/h4-5,8,14-15H,3,7,9H2,1-2H3. The van der Waals surface area contributed by atoms with Crippen molar-refractivity contribution in [1.29, 1.82) is 5.26 Å². The van der Waals surface area contributed by atoms with E-state index >= 15 is 0 Å². The van der Waals surface area contributed by atoms with Gasteiger partial charge in [0.25, 0.3) is 0 Å². The molecule has 1 aliphatic rings. The van der Waals surface area contributed by atoms with E-state index in [0.717, 1.165) is 12.1 Å². The van der Waals surface area contributed by atoms with Crippen LogP contribution in [0.1, 0.15) is 18.0 Å². The molecular weight excluding hydrogens is 348 g/mol. The smallest absolute Gasteiger partial charge is 0.317 e. The van der Waals surface area contributed by atoms with Crippen molar-refractivity contribution in [3.63, 3.8) is 0 Å². The van der Waals surface area contributed by atoms with Gasteiger partial charge in [-0.1, -0.05) is 6.07 Å². The highest BCUT2D eigenvalue weighted by Crippen LogP contribution is 2.33. The molecule has 0 fully saturated rings. The van der Waals surface area contributed by atoms with Crippen molar-refractivity contribution in [3.05, 3.63) is 35.4 Å². The topological polar surface area (TPSA) is 93.3 Å². The Morgan fingerprint density at radius 2 is 2.08 bits per heavy atom. The number of hydrogen-bond acceptors (Lipinski definition) is 7. The first kappa shape index (κ1) is 19.5. The highest BCUT2D eigenvalue weighted by Gasteiger charge is 2.39. The number of nitriles is 1. The Balaban J connectivity index is 2.43. The molecule has 0 bridgehead atoms. The minimum absolute atomic E-state index is 0.0133. The van der Waals surface area contributed by atoms with Gasteiger partial charge in [-0.2, -0.15) is 5.26 Å². The quantitative estimate of drug-likeness (QED) is 0.569. The van der Waals surface area contributed by atoms with Gasteiger partial charge in [0.15, 0.2) is 11.6 Å². The van der Waals surface area contributed by atoms with Gasteiger partial charge in [0.1, 0.15) is 12.5 Å². The maximum Gasteiger partial charge on any atom is 0.317 e. The summed E-state index contributed by atoms with van der Waals surface area (Å²) >= 11 is 0. The number of rotatable bonds is 6. The van der Waals surface area contributed by atoms with Crippen molar-refractivity contribution >= 4 is 17.7 Å². The van der Waals surface area contributed by atoms with Crippen LogP contribution in [-0.2, 0) is 19.0 Å². The second kappa shape index (κ2) is 9.01. The number of halogens is 2. The summed E-state index contributed by atoms with van der Waals surface area (Å²) in [5.41, 5.74) is 0.528. The molecule has 2 atom stereocenters. The molecule has 1 heterocycles. The first-order valence-electron chi connectivity index (χ1n) is 7.68. The fourth-order valence-corrected chi connectivity index (χ4v) is 2.48. The van der Waals surface area contributed by atoms with Gasteiger partial charge in [0.05, 0.1) is 38.0 Å². The summed E-state index contributed by atoms with van der Waals surface area (Å²) in [6, 6.07) is 4.15. The van der Waals surface area contributed by atoms with E-state index in [1.54, 1.807) is 0 Å².